The minimum Gasteiger partial charge on any atom is -0.375 e. The first-order chi connectivity index (χ1) is 17.5. The van der Waals surface area contributed by atoms with Crippen molar-refractivity contribution in [3.05, 3.63) is 76.5 Å². The first kappa shape index (κ1) is 23.1. The molecule has 36 heavy (non-hydrogen) atoms. The maximum atomic E-state index is 13.1. The molecule has 2 fully saturated rings. The number of nitrogens with one attached hydrogen (secondary N) is 2. The van der Waals surface area contributed by atoms with Crippen molar-refractivity contribution >= 4 is 22.7 Å². The predicted octanol–water partition coefficient (Wildman–Crippen LogP) is 3.42. The summed E-state index contributed by atoms with van der Waals surface area (Å²) in [7, 11) is 0. The van der Waals surface area contributed by atoms with Gasteiger partial charge in [-0.15, -0.1) is 0 Å². The van der Waals surface area contributed by atoms with Gasteiger partial charge in [0.25, 0.3) is 5.91 Å². The molecule has 8 heteroatoms. The van der Waals surface area contributed by atoms with Crippen LogP contribution < -0.4 is 10.8 Å². The summed E-state index contributed by atoms with van der Waals surface area (Å²) in [6, 6.07) is 15.3. The number of fused-ring (bicyclic) bond motifs is 2. The summed E-state index contributed by atoms with van der Waals surface area (Å²) in [5, 5.41) is 13.4. The number of hydroxylamine groups is 1. The molecule has 8 nitrogen and oxygen atoms in total. The number of carbonyl (C=O) groups excluding carboxylic acids is 2. The zero-order valence-electron chi connectivity index (χ0n) is 20.0. The smallest absolute Gasteiger partial charge is 0.251 e. The average molecular weight is 488 g/mol. The minimum absolute atomic E-state index is 0.235. The number of aromatic nitrogens is 1. The molecule has 1 aliphatic carbocycles. The van der Waals surface area contributed by atoms with Gasteiger partial charge >= 0.3 is 0 Å². The zero-order valence-corrected chi connectivity index (χ0v) is 20.0. The second-order valence-corrected chi connectivity index (χ2v) is 10.1. The Morgan fingerprint density at radius 1 is 1.08 bits per heavy atom. The van der Waals surface area contributed by atoms with Crippen LogP contribution in [0.1, 0.15) is 58.4 Å². The van der Waals surface area contributed by atoms with Crippen molar-refractivity contribution in [1.29, 1.82) is 0 Å². The lowest BCUT2D eigenvalue weighted by atomic mass is 9.95. The van der Waals surface area contributed by atoms with Crippen molar-refractivity contribution < 1.29 is 24.3 Å². The van der Waals surface area contributed by atoms with Gasteiger partial charge in [-0.2, -0.15) is 0 Å². The van der Waals surface area contributed by atoms with E-state index in [0.717, 1.165) is 47.0 Å². The van der Waals surface area contributed by atoms with E-state index in [4.69, 9.17) is 14.5 Å². The number of carbonyl (C=O) groups is 2. The Bertz CT molecular complexity index is 1320. The van der Waals surface area contributed by atoms with Crippen molar-refractivity contribution in [3.8, 4) is 0 Å². The lowest BCUT2D eigenvalue weighted by molar-refractivity contribution is -0.134. The van der Waals surface area contributed by atoms with Crippen molar-refractivity contribution in [2.45, 2.75) is 57.0 Å². The fraction of sp³-hybridized carbons (Fsp3) is 0.393. The van der Waals surface area contributed by atoms with E-state index in [1.165, 1.54) is 5.56 Å². The third kappa shape index (κ3) is 4.15. The van der Waals surface area contributed by atoms with E-state index in [-0.39, 0.29) is 5.91 Å². The van der Waals surface area contributed by atoms with Crippen molar-refractivity contribution in [3.63, 3.8) is 0 Å². The van der Waals surface area contributed by atoms with Crippen LogP contribution in [-0.4, -0.2) is 40.3 Å². The highest BCUT2D eigenvalue weighted by Crippen LogP contribution is 2.44. The van der Waals surface area contributed by atoms with Crippen LogP contribution in [0, 0.1) is 5.92 Å². The number of hydrogen-bond acceptors (Lipinski definition) is 6. The average Bonchev–Trinajstić information content (AvgIpc) is 3.64. The van der Waals surface area contributed by atoms with Crippen LogP contribution in [0.15, 0.2) is 48.5 Å². The molecule has 2 amide bonds. The fourth-order valence-electron chi connectivity index (χ4n) is 6.10. The number of hydrogen-bond donors (Lipinski definition) is 3. The fourth-order valence-corrected chi connectivity index (χ4v) is 6.10. The molecular weight excluding hydrogens is 458 g/mol. The Hall–Kier alpha value is -3.33. The lowest BCUT2D eigenvalue weighted by Crippen LogP contribution is -2.43. The first-order valence-electron chi connectivity index (χ1n) is 12.5. The molecule has 3 aromatic rings. The van der Waals surface area contributed by atoms with Gasteiger partial charge in [-0.25, -0.2) is 10.5 Å². The molecule has 3 aliphatic rings. The molecule has 0 unspecified atom stereocenters. The Balaban J connectivity index is 1.20. The third-order valence-electron chi connectivity index (χ3n) is 7.90. The maximum absolute atomic E-state index is 13.1. The second-order valence-electron chi connectivity index (χ2n) is 10.1. The summed E-state index contributed by atoms with van der Waals surface area (Å²) < 4.78 is 11.6. The summed E-state index contributed by atoms with van der Waals surface area (Å²) in [5.74, 6) is -1.24. The number of para-hydroxylation sites is 1. The summed E-state index contributed by atoms with van der Waals surface area (Å²) in [6.07, 6.45) is 3.59. The molecular formula is C28H29N3O5. The van der Waals surface area contributed by atoms with Crippen molar-refractivity contribution in [2.75, 3.05) is 6.61 Å². The molecule has 1 aromatic heterocycles. The largest absolute Gasteiger partial charge is 0.375 e. The minimum atomic E-state index is -0.527. The molecule has 0 bridgehead atoms. The summed E-state index contributed by atoms with van der Waals surface area (Å²) in [4.78, 5) is 30.1. The van der Waals surface area contributed by atoms with Gasteiger partial charge in [-0.3, -0.25) is 14.8 Å². The third-order valence-corrected chi connectivity index (χ3v) is 7.90. The van der Waals surface area contributed by atoms with Crippen LogP contribution in [0.5, 0.6) is 0 Å². The molecule has 3 heterocycles. The topological polar surface area (TPSA) is 110 Å². The molecule has 6 rings (SSSR count). The van der Waals surface area contributed by atoms with Crippen molar-refractivity contribution in [1.82, 2.24) is 15.8 Å². The van der Waals surface area contributed by atoms with E-state index in [9.17, 15) is 14.8 Å². The molecule has 2 aliphatic heterocycles. The molecule has 2 aromatic carbocycles. The lowest BCUT2D eigenvalue weighted by Gasteiger charge is -2.22. The van der Waals surface area contributed by atoms with Gasteiger partial charge in [0.05, 0.1) is 35.9 Å². The van der Waals surface area contributed by atoms with E-state index in [1.54, 1.807) is 5.48 Å². The van der Waals surface area contributed by atoms with Crippen LogP contribution in [0.3, 0.4) is 0 Å². The van der Waals surface area contributed by atoms with Gasteiger partial charge in [0.15, 0.2) is 0 Å². The number of ether oxygens (including phenoxy) is 2. The number of benzene rings is 2. The number of pyridine rings is 1. The molecule has 3 N–H and O–H groups in total. The highest BCUT2D eigenvalue weighted by atomic mass is 16.5. The number of nitrogens with zero attached hydrogens (tertiary/aromatic N) is 1. The van der Waals surface area contributed by atoms with Crippen molar-refractivity contribution in [2.24, 2.45) is 5.92 Å². The molecule has 186 valence electrons. The second kappa shape index (κ2) is 9.28. The van der Waals surface area contributed by atoms with E-state index < -0.39 is 23.5 Å². The monoisotopic (exact) mass is 487 g/mol. The normalized spacial score (nSPS) is 24.8. The summed E-state index contributed by atoms with van der Waals surface area (Å²) in [6.45, 7) is 1.77. The van der Waals surface area contributed by atoms with Gasteiger partial charge in [0.1, 0.15) is 0 Å². The molecule has 1 saturated heterocycles. The van der Waals surface area contributed by atoms with E-state index in [2.05, 4.69) is 11.4 Å². The number of amides is 2. The van der Waals surface area contributed by atoms with Gasteiger partial charge in [-0.1, -0.05) is 30.3 Å². The Kier molecular flexibility index (Phi) is 5.95. The molecule has 1 saturated carbocycles. The standard InChI is InChI=1S/C28H29N3O5/c32-26(30-24-14-28(10-3-11-36-28)13-21(24)27(33)31-34)18-8-6-17(7-9-18)12-20-19-4-1-2-5-23(19)29-25-16-35-15-22(20)25/h1-2,4-9,21,24,34H,3,10-16H2,(H,30,32)(H,31,33)/t21-,24+,28+/m0/s1. The van der Waals surface area contributed by atoms with Gasteiger partial charge in [-0.05, 0) is 61.4 Å². The van der Waals surface area contributed by atoms with Crippen LogP contribution in [-0.2, 0) is 33.9 Å². The van der Waals surface area contributed by atoms with E-state index in [1.807, 2.05) is 42.5 Å². The Morgan fingerprint density at radius 2 is 1.92 bits per heavy atom. The molecule has 1 spiro atoms. The van der Waals surface area contributed by atoms with Crippen LogP contribution in [0.2, 0.25) is 0 Å². The van der Waals surface area contributed by atoms with E-state index in [0.29, 0.717) is 38.2 Å². The highest BCUT2D eigenvalue weighted by molar-refractivity contribution is 5.95. The molecule has 3 atom stereocenters. The SMILES string of the molecule is O=C(N[C@@H]1C[C@@]2(CCCO2)C[C@@H]1C(=O)NO)c1ccc(Cc2c3c(nc4ccccc24)COC3)cc1. The van der Waals surface area contributed by atoms with E-state index >= 15 is 0 Å². The number of rotatable bonds is 5. The summed E-state index contributed by atoms with van der Waals surface area (Å²) >= 11 is 0. The van der Waals surface area contributed by atoms with Gasteiger partial charge in [0.2, 0.25) is 5.91 Å². The molecule has 0 radical (unpaired) electrons. The maximum Gasteiger partial charge on any atom is 0.251 e. The zero-order chi connectivity index (χ0) is 24.7. The van der Waals surface area contributed by atoms with Crippen LogP contribution in [0.25, 0.3) is 10.9 Å². The Labute approximate surface area is 209 Å². The quantitative estimate of drug-likeness (QED) is 0.376. The van der Waals surface area contributed by atoms with Crippen LogP contribution in [0.4, 0.5) is 0 Å². The summed E-state index contributed by atoms with van der Waals surface area (Å²) in [5.41, 5.74) is 7.34. The first-order valence-corrected chi connectivity index (χ1v) is 12.5. The van der Waals surface area contributed by atoms with Gasteiger partial charge in [0, 0.05) is 29.2 Å². The van der Waals surface area contributed by atoms with Crippen LogP contribution >= 0.6 is 0 Å². The Morgan fingerprint density at radius 3 is 2.69 bits per heavy atom. The van der Waals surface area contributed by atoms with Gasteiger partial charge < -0.3 is 14.8 Å². The highest BCUT2D eigenvalue weighted by Gasteiger charge is 2.51. The predicted molar refractivity (Wildman–Crippen MR) is 131 cm³/mol.